The quantitative estimate of drug-likeness (QED) is 0.0272. The number of phosphoric acid groups is 1. The van der Waals surface area contributed by atoms with Crippen molar-refractivity contribution in [2.45, 2.75) is 450 Å². The molecule has 0 aromatic rings. The minimum absolute atomic E-state index is 0.00434. The van der Waals surface area contributed by atoms with Gasteiger partial charge in [-0.1, -0.05) is 416 Å². The zero-order valence-electron chi connectivity index (χ0n) is 63.9. The maximum Gasteiger partial charge on any atom is 0.268 e. The summed E-state index contributed by atoms with van der Waals surface area (Å²) in [5.74, 6) is -0.198. The molecule has 0 aromatic heterocycles. The maximum absolute atomic E-state index is 13.1. The number of aliphatic hydroxyl groups excluding tert-OH is 1. The lowest BCUT2D eigenvalue weighted by Crippen LogP contribution is -2.45. The van der Waals surface area contributed by atoms with Crippen LogP contribution in [0.2, 0.25) is 0 Å². The third-order valence-electron chi connectivity index (χ3n) is 19.5. The summed E-state index contributed by atoms with van der Waals surface area (Å²) in [6.07, 6.45) is 105. The number of nitrogens with zero attached hydrogens (tertiary/aromatic N) is 1. The van der Waals surface area contributed by atoms with Crippen LogP contribution in [0.25, 0.3) is 0 Å². The second-order valence-corrected chi connectivity index (χ2v) is 31.6. The predicted molar refractivity (Wildman–Crippen MR) is 413 cm³/mol. The molecule has 0 aromatic carbocycles. The molecule has 0 radical (unpaired) electrons. The largest absolute Gasteiger partial charge is 0.756 e. The Labute approximate surface area is 588 Å². The average Bonchev–Trinajstić information content (AvgIpc) is 1.77. The lowest BCUT2D eigenvalue weighted by Gasteiger charge is -2.29. The van der Waals surface area contributed by atoms with E-state index in [4.69, 9.17) is 9.05 Å². The van der Waals surface area contributed by atoms with E-state index >= 15 is 0 Å². The summed E-state index contributed by atoms with van der Waals surface area (Å²) in [7, 11) is 1.26. The third kappa shape index (κ3) is 77.8. The van der Waals surface area contributed by atoms with E-state index in [1.807, 2.05) is 27.2 Å². The van der Waals surface area contributed by atoms with Crippen LogP contribution in [0, 0.1) is 0 Å². The number of carbonyl (C=O) groups is 1. The summed E-state index contributed by atoms with van der Waals surface area (Å²) in [6, 6.07) is -0.905. The number of carbonyl (C=O) groups excluding carboxylic acids is 1. The molecule has 0 spiro atoms. The molecule has 3 unspecified atom stereocenters. The molecule has 0 saturated heterocycles. The van der Waals surface area contributed by atoms with Crippen molar-refractivity contribution in [3.8, 4) is 0 Å². The summed E-state index contributed by atoms with van der Waals surface area (Å²) < 4.78 is 23.5. The Morgan fingerprint density at radius 3 is 0.926 bits per heavy atom. The lowest BCUT2D eigenvalue weighted by atomic mass is 10.0. The van der Waals surface area contributed by atoms with Crippen LogP contribution < -0.4 is 10.2 Å². The Morgan fingerprint density at radius 2 is 0.628 bits per heavy atom. The van der Waals surface area contributed by atoms with Crippen molar-refractivity contribution in [3.63, 3.8) is 0 Å². The Kier molecular flexibility index (Phi) is 74.4. The van der Waals surface area contributed by atoms with E-state index in [1.165, 1.54) is 372 Å². The maximum atomic E-state index is 13.1. The second-order valence-electron chi connectivity index (χ2n) is 30.2. The monoisotopic (exact) mass is 1340 g/mol. The number of unbranched alkanes of at least 4 members (excludes halogenated alkanes) is 60. The van der Waals surface area contributed by atoms with Gasteiger partial charge in [0.05, 0.1) is 39.9 Å². The molecular formula is C85H165N2O6P. The SMILES string of the molecule is CCCCCCC/C=C\C/C=C\CCCCCCCCCCCCCCCCCCCCCCCCCCCCCCCC(=O)NC(COP(=O)([O-])OCC[N+](C)(C)C)C(O)/C=C/CC/C=C/CCCCCCCCCCCCCCCCCCCCCCCCCCC. The van der Waals surface area contributed by atoms with Gasteiger partial charge >= 0.3 is 0 Å². The topological polar surface area (TPSA) is 108 Å². The van der Waals surface area contributed by atoms with Gasteiger partial charge in [-0.2, -0.15) is 0 Å². The summed E-state index contributed by atoms with van der Waals surface area (Å²) in [5, 5.41) is 14.0. The van der Waals surface area contributed by atoms with Crippen LogP contribution in [-0.2, 0) is 18.4 Å². The number of quaternary nitrogens is 1. The Morgan fingerprint density at radius 1 is 0.372 bits per heavy atom. The van der Waals surface area contributed by atoms with Gasteiger partial charge < -0.3 is 28.8 Å². The highest BCUT2D eigenvalue weighted by atomic mass is 31.2. The molecule has 0 fully saturated rings. The minimum atomic E-state index is -4.62. The van der Waals surface area contributed by atoms with Crippen LogP contribution in [0.1, 0.15) is 438 Å². The number of amides is 1. The van der Waals surface area contributed by atoms with E-state index < -0.39 is 20.0 Å². The van der Waals surface area contributed by atoms with E-state index in [9.17, 15) is 19.4 Å². The molecule has 1 amide bonds. The zero-order chi connectivity index (χ0) is 68.3. The summed E-state index contributed by atoms with van der Waals surface area (Å²) in [5.41, 5.74) is 0. The summed E-state index contributed by atoms with van der Waals surface area (Å²) in [6.45, 7) is 4.69. The van der Waals surface area contributed by atoms with Gasteiger partial charge in [0.15, 0.2) is 0 Å². The number of hydrogen-bond acceptors (Lipinski definition) is 6. The number of rotatable bonds is 79. The third-order valence-corrected chi connectivity index (χ3v) is 20.5. The van der Waals surface area contributed by atoms with Crippen LogP contribution >= 0.6 is 7.82 Å². The Hall–Kier alpha value is -1.54. The molecule has 0 bridgehead atoms. The minimum Gasteiger partial charge on any atom is -0.756 e. The number of nitrogens with one attached hydrogen (secondary N) is 1. The molecule has 0 aliphatic rings. The van der Waals surface area contributed by atoms with E-state index in [0.717, 1.165) is 44.9 Å². The van der Waals surface area contributed by atoms with Crippen molar-refractivity contribution in [2.24, 2.45) is 0 Å². The second kappa shape index (κ2) is 75.7. The van der Waals surface area contributed by atoms with E-state index in [-0.39, 0.29) is 19.1 Å². The first-order chi connectivity index (χ1) is 46.0. The van der Waals surface area contributed by atoms with Crippen molar-refractivity contribution >= 4 is 13.7 Å². The molecule has 0 aliphatic heterocycles. The van der Waals surface area contributed by atoms with Gasteiger partial charge in [-0.25, -0.2) is 0 Å². The number of allylic oxidation sites excluding steroid dienone is 7. The summed E-state index contributed by atoms with van der Waals surface area (Å²) >= 11 is 0. The molecule has 94 heavy (non-hydrogen) atoms. The number of phosphoric ester groups is 1. The zero-order valence-corrected chi connectivity index (χ0v) is 64.8. The first kappa shape index (κ1) is 92.5. The fraction of sp³-hybridized carbons (Fsp3) is 0.894. The molecule has 8 nitrogen and oxygen atoms in total. The van der Waals surface area contributed by atoms with Gasteiger partial charge in [0.1, 0.15) is 13.2 Å². The van der Waals surface area contributed by atoms with Crippen molar-refractivity contribution < 1.29 is 32.9 Å². The number of hydrogen-bond donors (Lipinski definition) is 2. The van der Waals surface area contributed by atoms with Gasteiger partial charge in [0, 0.05) is 6.42 Å². The van der Waals surface area contributed by atoms with E-state index in [2.05, 4.69) is 55.6 Å². The van der Waals surface area contributed by atoms with Crippen molar-refractivity contribution in [2.75, 3.05) is 40.9 Å². The molecule has 0 heterocycles. The predicted octanol–water partition coefficient (Wildman–Crippen LogP) is 27.1. The molecule has 9 heteroatoms. The normalized spacial score (nSPS) is 13.6. The van der Waals surface area contributed by atoms with Crippen LogP contribution in [0.5, 0.6) is 0 Å². The van der Waals surface area contributed by atoms with Gasteiger partial charge in [-0.15, -0.1) is 0 Å². The molecule has 2 N–H and O–H groups in total. The average molecular weight is 1340 g/mol. The highest BCUT2D eigenvalue weighted by Crippen LogP contribution is 2.38. The smallest absolute Gasteiger partial charge is 0.268 e. The van der Waals surface area contributed by atoms with Crippen LogP contribution in [0.4, 0.5) is 0 Å². The van der Waals surface area contributed by atoms with Crippen molar-refractivity contribution in [1.29, 1.82) is 0 Å². The lowest BCUT2D eigenvalue weighted by molar-refractivity contribution is -0.870. The molecule has 0 aliphatic carbocycles. The van der Waals surface area contributed by atoms with Crippen molar-refractivity contribution in [3.05, 3.63) is 48.6 Å². The number of aliphatic hydroxyl groups is 1. The van der Waals surface area contributed by atoms with Gasteiger partial charge in [0.2, 0.25) is 5.91 Å². The molecule has 556 valence electrons. The highest BCUT2D eigenvalue weighted by Gasteiger charge is 2.23. The van der Waals surface area contributed by atoms with Gasteiger partial charge in [0.25, 0.3) is 7.82 Å². The Bertz CT molecular complexity index is 1680. The first-order valence-corrected chi connectivity index (χ1v) is 43.5. The van der Waals surface area contributed by atoms with Gasteiger partial charge in [-0.05, 0) is 64.2 Å². The first-order valence-electron chi connectivity index (χ1n) is 42.0. The van der Waals surface area contributed by atoms with E-state index in [1.54, 1.807) is 6.08 Å². The standard InChI is InChI=1S/C85H165N2O6P/c1-6-8-10-12-14-16-18-20-22-24-26-28-30-32-34-36-38-39-40-41-42-43-44-45-46-47-49-51-53-55-57-59-61-63-65-67-69-71-73-75-77-79-85(89)86-83(82-93-94(90,91)92-81-80-87(3,4)5)84(88)78-76-74-72-70-68-66-64-62-60-58-56-54-52-50-48-37-35-33-31-29-27-25-23-21-19-17-15-13-11-9-7-2/h18,20,24,26,68,70,76,78,83-84,88H,6-17,19,21-23,25,27-67,69,71-75,77,79-82H2,1-5H3,(H-,86,89,90,91)/b20-18-,26-24-,70-68+,78-76+. The van der Waals surface area contributed by atoms with Crippen LogP contribution in [0.15, 0.2) is 48.6 Å². The van der Waals surface area contributed by atoms with Crippen LogP contribution in [0.3, 0.4) is 0 Å². The van der Waals surface area contributed by atoms with Crippen LogP contribution in [-0.4, -0.2) is 68.5 Å². The molecule has 3 atom stereocenters. The van der Waals surface area contributed by atoms with Gasteiger partial charge in [-0.3, -0.25) is 9.36 Å². The fourth-order valence-electron chi connectivity index (χ4n) is 13.0. The Balaban J connectivity index is 3.92. The fourth-order valence-corrected chi connectivity index (χ4v) is 13.8. The summed E-state index contributed by atoms with van der Waals surface area (Å²) in [4.78, 5) is 25.7. The highest BCUT2D eigenvalue weighted by molar-refractivity contribution is 7.45. The van der Waals surface area contributed by atoms with Crippen molar-refractivity contribution in [1.82, 2.24) is 5.32 Å². The molecular weight excluding hydrogens is 1180 g/mol. The molecule has 0 saturated carbocycles. The molecule has 0 rings (SSSR count). The van der Waals surface area contributed by atoms with E-state index in [0.29, 0.717) is 17.4 Å². The number of likely N-dealkylation sites (N-methyl/N-ethyl adjacent to an activating group) is 1.